The van der Waals surface area contributed by atoms with Crippen molar-refractivity contribution in [2.24, 2.45) is 0 Å². The van der Waals surface area contributed by atoms with Gasteiger partial charge in [0.05, 0.1) is 12.7 Å². The molecule has 2 aromatic carbocycles. The molecular formula is C17H14F2N2O4. The van der Waals surface area contributed by atoms with E-state index in [1.165, 1.54) is 31.4 Å². The molecule has 0 saturated carbocycles. The zero-order valence-electron chi connectivity index (χ0n) is 13.1. The average Bonchev–Trinajstić information content (AvgIpc) is 2.57. The fourth-order valence-electron chi connectivity index (χ4n) is 1.99. The summed E-state index contributed by atoms with van der Waals surface area (Å²) in [5.41, 5.74) is -0.121. The summed E-state index contributed by atoms with van der Waals surface area (Å²) in [6.45, 7) is 0. The number of carbonyl (C=O) groups is 3. The lowest BCUT2D eigenvalue weighted by Crippen LogP contribution is -2.22. The van der Waals surface area contributed by atoms with E-state index in [4.69, 9.17) is 0 Å². The number of hydrogen-bond acceptors (Lipinski definition) is 4. The minimum atomic E-state index is -0.945. The maximum atomic E-state index is 13.4. The molecule has 0 aliphatic carbocycles. The number of esters is 1. The van der Waals surface area contributed by atoms with Gasteiger partial charge >= 0.3 is 5.97 Å². The van der Waals surface area contributed by atoms with E-state index in [2.05, 4.69) is 10.1 Å². The Kier molecular flexibility index (Phi) is 5.78. The molecule has 0 saturated heterocycles. The molecule has 130 valence electrons. The van der Waals surface area contributed by atoms with Crippen molar-refractivity contribution in [2.45, 2.75) is 6.42 Å². The number of anilines is 2. The van der Waals surface area contributed by atoms with Crippen molar-refractivity contribution in [1.29, 1.82) is 0 Å². The van der Waals surface area contributed by atoms with Gasteiger partial charge in [0, 0.05) is 5.69 Å². The minimum absolute atomic E-state index is 0.221. The van der Waals surface area contributed by atoms with Gasteiger partial charge in [-0.15, -0.1) is 0 Å². The van der Waals surface area contributed by atoms with Gasteiger partial charge in [0.25, 0.3) is 0 Å². The molecule has 2 amide bonds. The SMILES string of the molecule is COC(=O)c1cccc(NC(=O)CC(=O)Nc2c(F)cccc2F)c1. The Morgan fingerprint density at radius 3 is 2.20 bits per heavy atom. The van der Waals surface area contributed by atoms with Gasteiger partial charge in [0.2, 0.25) is 11.8 Å². The first-order valence-corrected chi connectivity index (χ1v) is 7.13. The number of rotatable bonds is 5. The summed E-state index contributed by atoms with van der Waals surface area (Å²) >= 11 is 0. The molecule has 0 radical (unpaired) electrons. The van der Waals surface area contributed by atoms with Crippen LogP contribution in [0.1, 0.15) is 16.8 Å². The number of halogens is 2. The van der Waals surface area contributed by atoms with Crippen LogP contribution in [0, 0.1) is 11.6 Å². The van der Waals surface area contributed by atoms with E-state index in [1.807, 2.05) is 5.32 Å². The molecule has 0 heterocycles. The zero-order chi connectivity index (χ0) is 18.4. The number of methoxy groups -OCH3 is 1. The van der Waals surface area contributed by atoms with E-state index in [9.17, 15) is 23.2 Å². The lowest BCUT2D eigenvalue weighted by molar-refractivity contribution is -0.123. The molecule has 0 spiro atoms. The van der Waals surface area contributed by atoms with Crippen molar-refractivity contribution in [2.75, 3.05) is 17.7 Å². The first-order chi connectivity index (χ1) is 11.9. The second kappa shape index (κ2) is 8.00. The molecule has 25 heavy (non-hydrogen) atoms. The molecule has 8 heteroatoms. The van der Waals surface area contributed by atoms with Gasteiger partial charge in [0.15, 0.2) is 0 Å². The van der Waals surface area contributed by atoms with Crippen molar-refractivity contribution in [3.8, 4) is 0 Å². The maximum absolute atomic E-state index is 13.4. The second-order valence-corrected chi connectivity index (χ2v) is 4.94. The fraction of sp³-hybridized carbons (Fsp3) is 0.118. The van der Waals surface area contributed by atoms with E-state index in [0.717, 1.165) is 18.2 Å². The standard InChI is InChI=1S/C17H14F2N2O4/c1-25-17(24)10-4-2-5-11(8-10)20-14(22)9-15(23)21-16-12(18)6-3-7-13(16)19/h2-8H,9H2,1H3,(H,20,22)(H,21,23). The lowest BCUT2D eigenvalue weighted by Gasteiger charge is -2.09. The molecule has 0 atom stereocenters. The van der Waals surface area contributed by atoms with Crippen molar-refractivity contribution < 1.29 is 27.9 Å². The summed E-state index contributed by atoms with van der Waals surface area (Å²) in [7, 11) is 1.22. The Morgan fingerprint density at radius 1 is 0.960 bits per heavy atom. The molecule has 0 aliphatic rings. The highest BCUT2D eigenvalue weighted by molar-refractivity contribution is 6.08. The van der Waals surface area contributed by atoms with Gasteiger partial charge in [-0.05, 0) is 30.3 Å². The number of amides is 2. The van der Waals surface area contributed by atoms with Crippen molar-refractivity contribution in [3.63, 3.8) is 0 Å². The van der Waals surface area contributed by atoms with Crippen molar-refractivity contribution in [1.82, 2.24) is 0 Å². The third-order valence-corrected chi connectivity index (χ3v) is 3.12. The van der Waals surface area contributed by atoms with Gasteiger partial charge in [0.1, 0.15) is 23.7 Å². The fourth-order valence-corrected chi connectivity index (χ4v) is 1.99. The molecule has 0 aromatic heterocycles. The predicted molar refractivity (Wildman–Crippen MR) is 86.0 cm³/mol. The summed E-state index contributed by atoms with van der Waals surface area (Å²) in [4.78, 5) is 35.0. The number of para-hydroxylation sites is 1. The van der Waals surface area contributed by atoms with Gasteiger partial charge in [-0.3, -0.25) is 9.59 Å². The summed E-state index contributed by atoms with van der Waals surface area (Å²) in [6.07, 6.45) is -0.657. The van der Waals surface area contributed by atoms with Gasteiger partial charge in [-0.1, -0.05) is 12.1 Å². The molecule has 0 aliphatic heterocycles. The molecule has 0 fully saturated rings. The van der Waals surface area contributed by atoms with Crippen LogP contribution in [0.15, 0.2) is 42.5 Å². The zero-order valence-corrected chi connectivity index (χ0v) is 13.1. The molecule has 6 nitrogen and oxygen atoms in total. The van der Waals surface area contributed by atoms with Crippen LogP contribution in [-0.2, 0) is 14.3 Å². The number of benzene rings is 2. The van der Waals surface area contributed by atoms with Gasteiger partial charge in [-0.25, -0.2) is 13.6 Å². The van der Waals surface area contributed by atoms with Crippen LogP contribution in [0.2, 0.25) is 0 Å². The van der Waals surface area contributed by atoms with E-state index in [0.29, 0.717) is 0 Å². The number of carbonyl (C=O) groups excluding carboxylic acids is 3. The van der Waals surface area contributed by atoms with E-state index < -0.39 is 41.5 Å². The smallest absolute Gasteiger partial charge is 0.337 e. The Morgan fingerprint density at radius 2 is 1.56 bits per heavy atom. The van der Waals surface area contributed by atoms with Crippen LogP contribution < -0.4 is 10.6 Å². The average molecular weight is 348 g/mol. The monoisotopic (exact) mass is 348 g/mol. The predicted octanol–water partition coefficient (Wildman–Crippen LogP) is 2.72. The van der Waals surface area contributed by atoms with E-state index >= 15 is 0 Å². The first-order valence-electron chi connectivity index (χ1n) is 7.13. The van der Waals surface area contributed by atoms with Crippen molar-refractivity contribution >= 4 is 29.2 Å². The third-order valence-electron chi connectivity index (χ3n) is 3.12. The summed E-state index contributed by atoms with van der Waals surface area (Å²) < 4.78 is 31.5. The molecular weight excluding hydrogens is 334 g/mol. The largest absolute Gasteiger partial charge is 0.465 e. The van der Waals surface area contributed by atoms with Crippen LogP contribution in [0.4, 0.5) is 20.2 Å². The van der Waals surface area contributed by atoms with Gasteiger partial charge in [-0.2, -0.15) is 0 Å². The maximum Gasteiger partial charge on any atom is 0.337 e. The van der Waals surface area contributed by atoms with Crippen LogP contribution in [0.5, 0.6) is 0 Å². The Labute approximate surface area is 141 Å². The number of hydrogen-bond donors (Lipinski definition) is 2. The van der Waals surface area contributed by atoms with Gasteiger partial charge < -0.3 is 15.4 Å². The molecule has 2 aromatic rings. The Balaban J connectivity index is 1.98. The molecule has 0 unspecified atom stereocenters. The Hall–Kier alpha value is -3.29. The molecule has 2 N–H and O–H groups in total. The van der Waals surface area contributed by atoms with Crippen LogP contribution in [0.25, 0.3) is 0 Å². The molecule has 0 bridgehead atoms. The summed E-state index contributed by atoms with van der Waals surface area (Å²) in [5, 5.41) is 4.42. The first kappa shape index (κ1) is 18.1. The van der Waals surface area contributed by atoms with E-state index in [1.54, 1.807) is 0 Å². The number of nitrogens with one attached hydrogen (secondary N) is 2. The molecule has 2 rings (SSSR count). The highest BCUT2D eigenvalue weighted by Crippen LogP contribution is 2.18. The second-order valence-electron chi connectivity index (χ2n) is 4.94. The normalized spacial score (nSPS) is 10.0. The summed E-state index contributed by atoms with van der Waals surface area (Å²) in [6, 6.07) is 9.03. The Bertz CT molecular complexity index is 804. The van der Waals surface area contributed by atoms with Crippen LogP contribution in [0.3, 0.4) is 0 Å². The summed E-state index contributed by atoms with van der Waals surface area (Å²) in [5.74, 6) is -4.06. The highest BCUT2D eigenvalue weighted by Gasteiger charge is 2.15. The topological polar surface area (TPSA) is 84.5 Å². The van der Waals surface area contributed by atoms with E-state index in [-0.39, 0.29) is 11.3 Å². The van der Waals surface area contributed by atoms with Crippen molar-refractivity contribution in [3.05, 3.63) is 59.7 Å². The lowest BCUT2D eigenvalue weighted by atomic mass is 10.2. The van der Waals surface area contributed by atoms with Crippen LogP contribution >= 0.6 is 0 Å². The minimum Gasteiger partial charge on any atom is -0.465 e. The highest BCUT2D eigenvalue weighted by atomic mass is 19.1. The number of ether oxygens (including phenoxy) is 1. The van der Waals surface area contributed by atoms with Crippen LogP contribution in [-0.4, -0.2) is 24.9 Å². The third kappa shape index (κ3) is 4.84. The quantitative estimate of drug-likeness (QED) is 0.643.